The van der Waals surface area contributed by atoms with E-state index >= 15 is 0 Å². The third kappa shape index (κ3) is 2.44. The first-order chi connectivity index (χ1) is 14.3. The van der Waals surface area contributed by atoms with Gasteiger partial charge in [-0.15, -0.1) is 0 Å². The first-order valence-electron chi connectivity index (χ1n) is 9.28. The molecule has 0 bridgehead atoms. The van der Waals surface area contributed by atoms with E-state index in [9.17, 15) is 14.4 Å². The number of carbonyl (C=O) groups is 1. The van der Waals surface area contributed by atoms with E-state index in [1.54, 1.807) is 37.4 Å². The molecule has 0 fully saturated rings. The smallest absolute Gasteiger partial charge is 0.293 e. The molecule has 0 N–H and O–H groups in total. The first-order valence-corrected chi connectivity index (χ1v) is 10.0. The predicted octanol–water partition coefficient (Wildman–Crippen LogP) is 3.47. The van der Waals surface area contributed by atoms with Crippen LogP contribution in [-0.4, -0.2) is 20.6 Å². The zero-order chi connectivity index (χ0) is 21.3. The molecule has 150 valence electrons. The Kier molecular flexibility index (Phi) is 4.14. The maximum Gasteiger partial charge on any atom is 0.332 e. The number of rotatable bonds is 1. The van der Waals surface area contributed by atoms with Gasteiger partial charge in [0.1, 0.15) is 5.82 Å². The first kappa shape index (κ1) is 19.0. The number of aliphatic imine (C=N–C) groups is 1. The van der Waals surface area contributed by atoms with E-state index in [2.05, 4.69) is 4.99 Å². The van der Waals surface area contributed by atoms with Crippen molar-refractivity contribution >= 4 is 40.5 Å². The number of ketones is 1. The van der Waals surface area contributed by atoms with Crippen molar-refractivity contribution in [3.63, 3.8) is 0 Å². The lowest BCUT2D eigenvalue weighted by Gasteiger charge is -2.30. The molecule has 6 nitrogen and oxygen atoms in total. The Balaban J connectivity index is 1.94. The Bertz CT molecular complexity index is 1420. The molecule has 2 aliphatic rings. The summed E-state index contributed by atoms with van der Waals surface area (Å²) in [5, 5.41) is 0.820. The zero-order valence-electron chi connectivity index (χ0n) is 16.0. The average molecular weight is 440 g/mol. The van der Waals surface area contributed by atoms with Gasteiger partial charge in [-0.2, -0.15) is 0 Å². The summed E-state index contributed by atoms with van der Waals surface area (Å²) in [7, 11) is 2.97. The predicted molar refractivity (Wildman–Crippen MR) is 116 cm³/mol. The van der Waals surface area contributed by atoms with Gasteiger partial charge in [0.25, 0.3) is 5.56 Å². The largest absolute Gasteiger partial charge is 0.332 e. The quantitative estimate of drug-likeness (QED) is 0.582. The average Bonchev–Trinajstić information content (AvgIpc) is 3.03. The molecule has 0 saturated carbocycles. The van der Waals surface area contributed by atoms with Crippen LogP contribution in [0.25, 0.3) is 0 Å². The van der Waals surface area contributed by atoms with E-state index in [1.165, 1.54) is 11.6 Å². The van der Waals surface area contributed by atoms with Crippen LogP contribution < -0.4 is 11.2 Å². The van der Waals surface area contributed by atoms with Crippen LogP contribution in [0.15, 0.2) is 57.0 Å². The third-order valence-electron chi connectivity index (χ3n) is 5.88. The maximum atomic E-state index is 13.4. The van der Waals surface area contributed by atoms with Crippen LogP contribution in [0, 0.1) is 5.92 Å². The summed E-state index contributed by atoms with van der Waals surface area (Å²) in [6, 6.07) is 12.2. The van der Waals surface area contributed by atoms with Crippen molar-refractivity contribution < 1.29 is 4.79 Å². The lowest BCUT2D eigenvalue weighted by Crippen LogP contribution is -2.43. The van der Waals surface area contributed by atoms with Crippen molar-refractivity contribution in [1.82, 2.24) is 9.13 Å². The summed E-state index contributed by atoms with van der Waals surface area (Å²) >= 11 is 12.8. The fourth-order valence-electron chi connectivity index (χ4n) is 4.46. The van der Waals surface area contributed by atoms with Gasteiger partial charge in [-0.1, -0.05) is 47.5 Å². The summed E-state index contributed by atoms with van der Waals surface area (Å²) in [6.07, 6.45) is 0. The van der Waals surface area contributed by atoms with Gasteiger partial charge < -0.3 is 0 Å². The summed E-state index contributed by atoms with van der Waals surface area (Å²) in [6.45, 7) is 0. The highest BCUT2D eigenvalue weighted by Gasteiger charge is 2.48. The van der Waals surface area contributed by atoms with E-state index in [0.29, 0.717) is 32.4 Å². The Morgan fingerprint density at radius 2 is 1.60 bits per heavy atom. The Hall–Kier alpha value is -2.96. The van der Waals surface area contributed by atoms with Crippen LogP contribution in [0.2, 0.25) is 10.0 Å². The van der Waals surface area contributed by atoms with E-state index in [0.717, 1.165) is 4.57 Å². The molecule has 1 aliphatic heterocycles. The topological polar surface area (TPSA) is 73.4 Å². The van der Waals surface area contributed by atoms with Crippen molar-refractivity contribution in [2.75, 3.05) is 0 Å². The highest BCUT2D eigenvalue weighted by atomic mass is 35.5. The Labute approximate surface area is 181 Å². The SMILES string of the molecule is Cn1c2c(c(=O)n(C)c1=O)[C@@H](c1cc(Cl)ccc1Cl)[C@H]1C(=O)c3ccccc3C1=N2. The second kappa shape index (κ2) is 6.52. The van der Waals surface area contributed by atoms with E-state index < -0.39 is 23.1 Å². The minimum Gasteiger partial charge on any atom is -0.293 e. The van der Waals surface area contributed by atoms with Crippen LogP contribution in [0.3, 0.4) is 0 Å². The van der Waals surface area contributed by atoms with E-state index in [-0.39, 0.29) is 17.2 Å². The highest BCUT2D eigenvalue weighted by molar-refractivity contribution is 6.34. The number of halogens is 2. The van der Waals surface area contributed by atoms with E-state index in [4.69, 9.17) is 23.2 Å². The van der Waals surface area contributed by atoms with Crippen LogP contribution in [0.4, 0.5) is 5.82 Å². The van der Waals surface area contributed by atoms with Crippen molar-refractivity contribution in [2.24, 2.45) is 25.0 Å². The molecule has 2 aromatic carbocycles. The van der Waals surface area contributed by atoms with Crippen LogP contribution in [-0.2, 0) is 14.1 Å². The van der Waals surface area contributed by atoms with Crippen molar-refractivity contribution in [3.8, 4) is 0 Å². The molecule has 8 heteroatoms. The van der Waals surface area contributed by atoms with Crippen molar-refractivity contribution in [2.45, 2.75) is 5.92 Å². The third-order valence-corrected chi connectivity index (χ3v) is 6.46. The van der Waals surface area contributed by atoms with Gasteiger partial charge in [0, 0.05) is 41.2 Å². The number of hydrogen-bond acceptors (Lipinski definition) is 4. The molecular weight excluding hydrogens is 425 g/mol. The molecule has 0 saturated heterocycles. The molecule has 0 radical (unpaired) electrons. The van der Waals surface area contributed by atoms with Gasteiger partial charge in [-0.05, 0) is 23.8 Å². The summed E-state index contributed by atoms with van der Waals surface area (Å²) < 4.78 is 2.36. The molecule has 5 rings (SSSR count). The number of aromatic nitrogens is 2. The number of nitrogens with zero attached hydrogens (tertiary/aromatic N) is 3. The monoisotopic (exact) mass is 439 g/mol. The highest BCUT2D eigenvalue weighted by Crippen LogP contribution is 2.48. The van der Waals surface area contributed by atoms with Gasteiger partial charge >= 0.3 is 5.69 Å². The minimum absolute atomic E-state index is 0.132. The minimum atomic E-state index is -0.726. The molecule has 3 aromatic rings. The van der Waals surface area contributed by atoms with Crippen LogP contribution >= 0.6 is 23.2 Å². The fraction of sp³-hybridized carbons (Fsp3) is 0.182. The molecule has 0 amide bonds. The lowest BCUT2D eigenvalue weighted by molar-refractivity contribution is 0.0953. The second-order valence-corrected chi connectivity index (χ2v) is 8.31. The van der Waals surface area contributed by atoms with Crippen LogP contribution in [0.1, 0.15) is 33.0 Å². The molecule has 1 aromatic heterocycles. The van der Waals surface area contributed by atoms with Gasteiger partial charge in [-0.3, -0.25) is 18.7 Å². The normalized spacial score (nSPS) is 19.2. The fourth-order valence-corrected chi connectivity index (χ4v) is 4.87. The maximum absolute atomic E-state index is 13.4. The molecule has 30 heavy (non-hydrogen) atoms. The van der Waals surface area contributed by atoms with Crippen molar-refractivity contribution in [1.29, 1.82) is 0 Å². The van der Waals surface area contributed by atoms with Gasteiger partial charge in [0.05, 0.1) is 17.2 Å². The number of fused-ring (bicyclic) bond motifs is 4. The molecular formula is C22H15Cl2N3O3. The standard InChI is InChI=1S/C22H15Cl2N3O3/c1-26-20-17(21(29)27(2)22(26)30)15(13-9-10(23)7-8-14(13)24)16-18(25-20)11-5-3-4-6-12(11)19(16)28/h3-9,15-16H,1-2H3/t15-,16+/m0/s1. The van der Waals surface area contributed by atoms with Gasteiger partial charge in [0.2, 0.25) is 0 Å². The molecule has 1 aliphatic carbocycles. The summed E-state index contributed by atoms with van der Waals surface area (Å²) in [5.41, 5.74) is 1.61. The van der Waals surface area contributed by atoms with Gasteiger partial charge in [0.15, 0.2) is 5.78 Å². The number of benzene rings is 2. The van der Waals surface area contributed by atoms with E-state index in [1.807, 2.05) is 12.1 Å². The zero-order valence-corrected chi connectivity index (χ0v) is 17.5. The van der Waals surface area contributed by atoms with Crippen molar-refractivity contribution in [3.05, 3.63) is 95.6 Å². The molecule has 2 atom stereocenters. The Morgan fingerprint density at radius 1 is 0.900 bits per heavy atom. The van der Waals surface area contributed by atoms with Crippen LogP contribution in [0.5, 0.6) is 0 Å². The molecule has 0 spiro atoms. The number of hydrogen-bond donors (Lipinski definition) is 0. The molecule has 0 unspecified atom stereocenters. The lowest BCUT2D eigenvalue weighted by atomic mass is 9.76. The number of carbonyl (C=O) groups excluding carboxylic acids is 1. The van der Waals surface area contributed by atoms with Gasteiger partial charge in [-0.25, -0.2) is 9.79 Å². The Morgan fingerprint density at radius 3 is 2.33 bits per heavy atom. The molecule has 2 heterocycles. The summed E-state index contributed by atoms with van der Waals surface area (Å²) in [5.74, 6) is -1.34. The second-order valence-electron chi connectivity index (χ2n) is 7.47. The summed E-state index contributed by atoms with van der Waals surface area (Å²) in [4.78, 5) is 43.9. The number of Topliss-reactive ketones (excluding diaryl/α,β-unsaturated/α-hetero) is 1.